The Bertz CT molecular complexity index is 753. The van der Waals surface area contributed by atoms with E-state index in [4.69, 9.17) is 5.11 Å². The molecule has 0 atom stereocenters. The third-order valence-electron chi connectivity index (χ3n) is 2.29. The second-order valence-electron chi connectivity index (χ2n) is 3.64. The van der Waals surface area contributed by atoms with Crippen LogP contribution in [0.4, 0.5) is 5.69 Å². The molecule has 0 radical (unpaired) electrons. The number of carbonyl (C=O) groups is 1. The summed E-state index contributed by atoms with van der Waals surface area (Å²) < 4.78 is 27.6. The molecule has 11 heteroatoms. The van der Waals surface area contributed by atoms with Crippen LogP contribution in [0.5, 0.6) is 0 Å². The van der Waals surface area contributed by atoms with Crippen LogP contribution in [0.1, 0.15) is 10.4 Å². The summed E-state index contributed by atoms with van der Waals surface area (Å²) in [4.78, 5) is 14.7. The summed E-state index contributed by atoms with van der Waals surface area (Å²) in [6.07, 6.45) is 2.36. The van der Waals surface area contributed by atoms with E-state index in [1.54, 1.807) is 0 Å². The number of aryl methyl sites for hydroxylation is 1. The second-order valence-corrected chi connectivity index (χ2v) is 5.99. The fourth-order valence-corrected chi connectivity index (χ4v) is 3.63. The van der Waals surface area contributed by atoms with Gasteiger partial charge in [0.15, 0.2) is 4.60 Å². The van der Waals surface area contributed by atoms with Crippen molar-refractivity contribution in [1.29, 1.82) is 0 Å². The number of sulfonamides is 1. The lowest BCUT2D eigenvalue weighted by atomic mass is 10.2. The number of halogens is 1. The smallest absolute Gasteiger partial charge is 0.337 e. The van der Waals surface area contributed by atoms with Crippen molar-refractivity contribution in [2.24, 2.45) is 7.05 Å². The predicted molar refractivity (Wildman–Crippen MR) is 70.7 cm³/mol. The van der Waals surface area contributed by atoms with Crippen molar-refractivity contribution in [2.45, 2.75) is 5.03 Å². The van der Waals surface area contributed by atoms with Gasteiger partial charge in [-0.2, -0.15) is 8.42 Å². The number of hydrogen-bond donors (Lipinski definition) is 2. The van der Waals surface area contributed by atoms with E-state index in [-0.39, 0.29) is 20.9 Å². The lowest BCUT2D eigenvalue weighted by Gasteiger charge is -2.09. The van der Waals surface area contributed by atoms with E-state index in [1.165, 1.54) is 19.3 Å². The van der Waals surface area contributed by atoms with Gasteiger partial charge in [-0.15, -0.1) is 5.10 Å². The number of carboxylic acid groups (broad SMARTS) is 1. The summed E-state index contributed by atoms with van der Waals surface area (Å²) in [5, 5.41) is 15.9. The first-order valence-corrected chi connectivity index (χ1v) is 7.36. The first-order valence-electron chi connectivity index (χ1n) is 5.08. The molecule has 0 fully saturated rings. The molecule has 2 N–H and O–H groups in total. The zero-order valence-electron chi connectivity index (χ0n) is 9.98. The van der Waals surface area contributed by atoms with Crippen molar-refractivity contribution >= 4 is 37.6 Å². The van der Waals surface area contributed by atoms with Gasteiger partial charge in [-0.1, -0.05) is 5.21 Å². The van der Waals surface area contributed by atoms with Gasteiger partial charge in [-0.05, 0) is 22.0 Å². The minimum absolute atomic E-state index is 0.0215. The average molecular weight is 362 g/mol. The first-order chi connectivity index (χ1) is 9.33. The normalized spacial score (nSPS) is 11.3. The molecule has 0 unspecified atom stereocenters. The molecule has 0 spiro atoms. The van der Waals surface area contributed by atoms with Gasteiger partial charge in [0.1, 0.15) is 0 Å². The Balaban J connectivity index is 2.47. The molecule has 0 saturated heterocycles. The van der Waals surface area contributed by atoms with Crippen LogP contribution in [-0.4, -0.2) is 39.5 Å². The van der Waals surface area contributed by atoms with Gasteiger partial charge < -0.3 is 5.11 Å². The topological polar surface area (TPSA) is 127 Å². The molecule has 2 rings (SSSR count). The zero-order valence-corrected chi connectivity index (χ0v) is 12.4. The minimum Gasteiger partial charge on any atom is -0.478 e. The minimum atomic E-state index is -4.05. The van der Waals surface area contributed by atoms with Gasteiger partial charge in [0, 0.05) is 13.2 Å². The molecule has 0 aliphatic carbocycles. The molecule has 106 valence electrons. The standard InChI is InChI=1S/C9H8BrN5O4S/c1-15-8(7(10)12-14-15)20(18,19)13-6-4-11-3-2-5(6)9(16)17/h2-4,13H,1H3,(H,16,17). The SMILES string of the molecule is Cn1nnc(Br)c1S(=O)(=O)Nc1cnccc1C(=O)O. The maximum Gasteiger partial charge on any atom is 0.337 e. The molecule has 0 amide bonds. The van der Waals surface area contributed by atoms with Crippen molar-refractivity contribution in [2.75, 3.05) is 4.72 Å². The van der Waals surface area contributed by atoms with Crippen molar-refractivity contribution < 1.29 is 18.3 Å². The molecule has 9 nitrogen and oxygen atoms in total. The van der Waals surface area contributed by atoms with E-state index in [1.807, 2.05) is 0 Å². The summed E-state index contributed by atoms with van der Waals surface area (Å²) in [6, 6.07) is 1.19. The van der Waals surface area contributed by atoms with Gasteiger partial charge in [0.05, 0.1) is 17.4 Å². The van der Waals surface area contributed by atoms with Crippen molar-refractivity contribution in [3.05, 3.63) is 28.6 Å². The molecule has 2 aromatic rings. The lowest BCUT2D eigenvalue weighted by Crippen LogP contribution is -2.19. The third-order valence-corrected chi connectivity index (χ3v) is 4.54. The highest BCUT2D eigenvalue weighted by Gasteiger charge is 2.25. The van der Waals surface area contributed by atoms with Crippen LogP contribution in [0.3, 0.4) is 0 Å². The van der Waals surface area contributed by atoms with Gasteiger partial charge in [-0.3, -0.25) is 9.71 Å². The molecule has 2 heterocycles. The fraction of sp³-hybridized carbons (Fsp3) is 0.111. The van der Waals surface area contributed by atoms with Gasteiger partial charge in [0.2, 0.25) is 5.03 Å². The van der Waals surface area contributed by atoms with Crippen LogP contribution in [0.15, 0.2) is 28.1 Å². The van der Waals surface area contributed by atoms with E-state index in [9.17, 15) is 13.2 Å². The average Bonchev–Trinajstić information content (AvgIpc) is 2.69. The quantitative estimate of drug-likeness (QED) is 0.809. The second kappa shape index (κ2) is 5.17. The van der Waals surface area contributed by atoms with Crippen LogP contribution in [-0.2, 0) is 17.1 Å². The number of aromatic nitrogens is 4. The molecule has 0 aliphatic rings. The summed E-state index contributed by atoms with van der Waals surface area (Å²) in [6.45, 7) is 0. The maximum absolute atomic E-state index is 12.2. The number of carboxylic acids is 1. The van der Waals surface area contributed by atoms with Crippen LogP contribution >= 0.6 is 15.9 Å². The number of anilines is 1. The molecule has 20 heavy (non-hydrogen) atoms. The van der Waals surface area contributed by atoms with Gasteiger partial charge in [-0.25, -0.2) is 9.48 Å². The van der Waals surface area contributed by atoms with E-state index in [0.29, 0.717) is 0 Å². The molecule has 0 bridgehead atoms. The molecule has 0 aromatic carbocycles. The molecular formula is C9H8BrN5O4S. The van der Waals surface area contributed by atoms with Crippen LogP contribution in [0.25, 0.3) is 0 Å². The Labute approximate surface area is 121 Å². The van der Waals surface area contributed by atoms with Gasteiger partial charge in [0.25, 0.3) is 10.0 Å². The molecule has 2 aromatic heterocycles. The van der Waals surface area contributed by atoms with Crippen molar-refractivity contribution in [3.8, 4) is 0 Å². The Morgan fingerprint density at radius 1 is 1.50 bits per heavy atom. The fourth-order valence-electron chi connectivity index (χ4n) is 1.46. The Hall–Kier alpha value is -2.01. The summed E-state index contributed by atoms with van der Waals surface area (Å²) in [5.41, 5.74) is -0.358. The Morgan fingerprint density at radius 2 is 2.20 bits per heavy atom. The van der Waals surface area contributed by atoms with Crippen molar-refractivity contribution in [1.82, 2.24) is 20.0 Å². The first kappa shape index (κ1) is 14.4. The van der Waals surface area contributed by atoms with E-state index >= 15 is 0 Å². The highest BCUT2D eigenvalue weighted by Crippen LogP contribution is 2.22. The van der Waals surface area contributed by atoms with Crippen LogP contribution in [0, 0.1) is 0 Å². The number of aromatic carboxylic acids is 1. The number of pyridine rings is 1. The predicted octanol–water partition coefficient (Wildman–Crippen LogP) is 0.472. The molecule has 0 aliphatic heterocycles. The molecule has 0 saturated carbocycles. The zero-order chi connectivity index (χ0) is 14.9. The number of rotatable bonds is 4. The molecular weight excluding hydrogens is 354 g/mol. The van der Waals surface area contributed by atoms with Crippen molar-refractivity contribution in [3.63, 3.8) is 0 Å². The highest BCUT2D eigenvalue weighted by molar-refractivity contribution is 9.10. The van der Waals surface area contributed by atoms with Gasteiger partial charge >= 0.3 is 5.97 Å². The number of nitrogens with one attached hydrogen (secondary N) is 1. The number of hydrogen-bond acceptors (Lipinski definition) is 6. The van der Waals surface area contributed by atoms with E-state index in [0.717, 1.165) is 10.9 Å². The Kier molecular flexibility index (Phi) is 3.72. The van der Waals surface area contributed by atoms with E-state index < -0.39 is 16.0 Å². The number of nitrogens with zero attached hydrogens (tertiary/aromatic N) is 4. The van der Waals surface area contributed by atoms with Crippen LogP contribution in [0.2, 0.25) is 0 Å². The third kappa shape index (κ3) is 2.63. The maximum atomic E-state index is 12.2. The Morgan fingerprint density at radius 3 is 2.75 bits per heavy atom. The van der Waals surface area contributed by atoms with E-state index in [2.05, 4.69) is 35.9 Å². The monoisotopic (exact) mass is 361 g/mol. The van der Waals surface area contributed by atoms with Crippen LogP contribution < -0.4 is 4.72 Å². The summed E-state index contributed by atoms with van der Waals surface area (Å²) in [5.74, 6) is -1.27. The largest absolute Gasteiger partial charge is 0.478 e. The summed E-state index contributed by atoms with van der Waals surface area (Å²) in [7, 11) is -2.65. The highest BCUT2D eigenvalue weighted by atomic mass is 79.9. The lowest BCUT2D eigenvalue weighted by molar-refractivity contribution is 0.0698. The summed E-state index contributed by atoms with van der Waals surface area (Å²) >= 11 is 2.97.